The highest BCUT2D eigenvalue weighted by atomic mass is 16.3. The Labute approximate surface area is 54.7 Å². The molecule has 1 heterocycles. The van der Waals surface area contributed by atoms with Crippen molar-refractivity contribution in [1.29, 1.82) is 0 Å². The van der Waals surface area contributed by atoms with Crippen molar-refractivity contribution in [2.45, 2.75) is 19.6 Å². The van der Waals surface area contributed by atoms with Gasteiger partial charge in [0.2, 0.25) is 0 Å². The summed E-state index contributed by atoms with van der Waals surface area (Å²) in [6.45, 7) is 2.47. The van der Waals surface area contributed by atoms with E-state index in [1.807, 2.05) is 29.1 Å². The molecule has 2 heteroatoms. The predicted octanol–water partition coefficient (Wildman–Crippen LogP) is 0.869. The lowest BCUT2D eigenvalue weighted by Gasteiger charge is -2.03. The van der Waals surface area contributed by atoms with Crippen LogP contribution >= 0.6 is 0 Å². The van der Waals surface area contributed by atoms with Gasteiger partial charge >= 0.3 is 0 Å². The molecule has 0 amide bonds. The minimum atomic E-state index is -0.252. The number of aliphatic hydroxyl groups excluding tert-OH is 1. The van der Waals surface area contributed by atoms with Gasteiger partial charge < -0.3 is 9.67 Å². The Morgan fingerprint density at radius 3 is 2.44 bits per heavy atom. The fourth-order valence-electron chi connectivity index (χ4n) is 0.797. The van der Waals surface area contributed by atoms with E-state index in [4.69, 9.17) is 5.11 Å². The molecule has 0 aliphatic rings. The van der Waals surface area contributed by atoms with Crippen molar-refractivity contribution in [2.24, 2.45) is 0 Å². The molecule has 2 nitrogen and oxygen atoms in total. The van der Waals surface area contributed by atoms with E-state index in [2.05, 4.69) is 0 Å². The van der Waals surface area contributed by atoms with Crippen molar-refractivity contribution >= 4 is 0 Å². The van der Waals surface area contributed by atoms with Crippen molar-refractivity contribution in [2.75, 3.05) is 0 Å². The summed E-state index contributed by atoms with van der Waals surface area (Å²) in [6.07, 6.45) is 3.62. The van der Waals surface area contributed by atoms with Gasteiger partial charge in [-0.05, 0) is 19.1 Å². The Morgan fingerprint density at radius 1 is 1.44 bits per heavy atom. The molecule has 0 radical (unpaired) electrons. The first kappa shape index (κ1) is 6.36. The first-order valence-corrected chi connectivity index (χ1v) is 3.08. The molecule has 1 rings (SSSR count). The Kier molecular flexibility index (Phi) is 1.90. The molecule has 0 saturated heterocycles. The highest BCUT2D eigenvalue weighted by molar-refractivity contribution is 4.90. The van der Waals surface area contributed by atoms with E-state index in [9.17, 15) is 0 Å². The largest absolute Gasteiger partial charge is 0.392 e. The summed E-state index contributed by atoms with van der Waals surface area (Å²) < 4.78 is 1.95. The Balaban J connectivity index is 2.48. The highest BCUT2D eigenvalue weighted by Crippen LogP contribution is 1.92. The lowest BCUT2D eigenvalue weighted by molar-refractivity contribution is 0.174. The molecule has 0 fully saturated rings. The number of aromatic nitrogens is 1. The third kappa shape index (κ3) is 1.90. The number of rotatable bonds is 2. The number of aliphatic hydroxyl groups is 1. The van der Waals surface area contributed by atoms with Crippen LogP contribution in [0.1, 0.15) is 6.92 Å². The molecule has 0 aliphatic carbocycles. The van der Waals surface area contributed by atoms with Crippen LogP contribution in [0.4, 0.5) is 0 Å². The summed E-state index contributed by atoms with van der Waals surface area (Å²) in [6, 6.07) is 3.89. The van der Waals surface area contributed by atoms with Crippen LogP contribution in [-0.2, 0) is 6.54 Å². The SMILES string of the molecule is CC(O)Cn1cccc1. The van der Waals surface area contributed by atoms with Gasteiger partial charge in [0.1, 0.15) is 0 Å². The Hall–Kier alpha value is -0.760. The molecule has 0 spiro atoms. The molecule has 9 heavy (non-hydrogen) atoms. The lowest BCUT2D eigenvalue weighted by atomic mass is 10.4. The fourth-order valence-corrected chi connectivity index (χ4v) is 0.797. The minimum absolute atomic E-state index is 0.252. The van der Waals surface area contributed by atoms with Gasteiger partial charge in [-0.1, -0.05) is 0 Å². The van der Waals surface area contributed by atoms with Crippen molar-refractivity contribution in [1.82, 2.24) is 4.57 Å². The molecular formula is C7H11NO. The molecule has 1 aromatic heterocycles. The molecule has 0 aliphatic heterocycles. The highest BCUT2D eigenvalue weighted by Gasteiger charge is 1.93. The van der Waals surface area contributed by atoms with Gasteiger partial charge in [0, 0.05) is 18.9 Å². The van der Waals surface area contributed by atoms with Crippen molar-refractivity contribution in [3.8, 4) is 0 Å². The Morgan fingerprint density at radius 2 is 2.00 bits per heavy atom. The van der Waals surface area contributed by atoms with Gasteiger partial charge in [0.15, 0.2) is 0 Å². The van der Waals surface area contributed by atoms with E-state index in [1.54, 1.807) is 6.92 Å². The summed E-state index contributed by atoms with van der Waals surface area (Å²) in [7, 11) is 0. The summed E-state index contributed by atoms with van der Waals surface area (Å²) in [4.78, 5) is 0. The predicted molar refractivity (Wildman–Crippen MR) is 36.1 cm³/mol. The van der Waals surface area contributed by atoms with Crippen LogP contribution in [0.2, 0.25) is 0 Å². The van der Waals surface area contributed by atoms with E-state index < -0.39 is 0 Å². The molecule has 50 valence electrons. The third-order valence-electron chi connectivity index (χ3n) is 1.14. The number of hydrogen-bond acceptors (Lipinski definition) is 1. The molecule has 0 aromatic carbocycles. The van der Waals surface area contributed by atoms with Gasteiger partial charge in [0.25, 0.3) is 0 Å². The number of nitrogens with zero attached hydrogens (tertiary/aromatic N) is 1. The first-order valence-electron chi connectivity index (χ1n) is 3.08. The van der Waals surface area contributed by atoms with E-state index >= 15 is 0 Å². The van der Waals surface area contributed by atoms with Gasteiger partial charge in [-0.2, -0.15) is 0 Å². The normalized spacial score (nSPS) is 13.6. The minimum Gasteiger partial charge on any atom is -0.392 e. The van der Waals surface area contributed by atoms with Gasteiger partial charge in [0.05, 0.1) is 6.10 Å². The van der Waals surface area contributed by atoms with E-state index in [1.165, 1.54) is 0 Å². The molecule has 1 aromatic rings. The van der Waals surface area contributed by atoms with Crippen molar-refractivity contribution in [3.05, 3.63) is 24.5 Å². The third-order valence-corrected chi connectivity index (χ3v) is 1.14. The first-order chi connectivity index (χ1) is 4.29. The van der Waals surface area contributed by atoms with Crippen LogP contribution in [0.15, 0.2) is 24.5 Å². The maximum absolute atomic E-state index is 8.90. The standard InChI is InChI=1S/C7H11NO/c1-7(9)6-8-4-2-3-5-8/h2-5,7,9H,6H2,1H3. The zero-order valence-corrected chi connectivity index (χ0v) is 5.49. The molecule has 1 N–H and O–H groups in total. The Bertz CT molecular complexity index is 155. The van der Waals surface area contributed by atoms with Crippen molar-refractivity contribution < 1.29 is 5.11 Å². The van der Waals surface area contributed by atoms with E-state index in [0.29, 0.717) is 6.54 Å². The fraction of sp³-hybridized carbons (Fsp3) is 0.429. The second kappa shape index (κ2) is 2.69. The zero-order valence-electron chi connectivity index (χ0n) is 5.49. The molecule has 0 bridgehead atoms. The molecular weight excluding hydrogens is 114 g/mol. The van der Waals surface area contributed by atoms with Crippen molar-refractivity contribution in [3.63, 3.8) is 0 Å². The monoisotopic (exact) mass is 125 g/mol. The molecule has 1 atom stereocenters. The van der Waals surface area contributed by atoms with Gasteiger partial charge in [-0.15, -0.1) is 0 Å². The second-order valence-corrected chi connectivity index (χ2v) is 2.23. The van der Waals surface area contributed by atoms with Crippen LogP contribution in [0.5, 0.6) is 0 Å². The second-order valence-electron chi connectivity index (χ2n) is 2.23. The van der Waals surface area contributed by atoms with E-state index in [0.717, 1.165) is 0 Å². The van der Waals surface area contributed by atoms with Crippen LogP contribution < -0.4 is 0 Å². The van der Waals surface area contributed by atoms with E-state index in [-0.39, 0.29) is 6.10 Å². The maximum atomic E-state index is 8.90. The topological polar surface area (TPSA) is 25.2 Å². The summed E-state index contributed by atoms with van der Waals surface area (Å²) >= 11 is 0. The van der Waals surface area contributed by atoms with Crippen LogP contribution in [0.3, 0.4) is 0 Å². The van der Waals surface area contributed by atoms with Crippen LogP contribution in [0, 0.1) is 0 Å². The average Bonchev–Trinajstić information content (AvgIpc) is 2.15. The average molecular weight is 125 g/mol. The zero-order chi connectivity index (χ0) is 6.69. The summed E-state index contributed by atoms with van der Waals surface area (Å²) in [5.41, 5.74) is 0. The smallest absolute Gasteiger partial charge is 0.0690 e. The summed E-state index contributed by atoms with van der Waals surface area (Å²) in [5, 5.41) is 8.90. The van der Waals surface area contributed by atoms with Gasteiger partial charge in [-0.3, -0.25) is 0 Å². The molecule has 1 unspecified atom stereocenters. The maximum Gasteiger partial charge on any atom is 0.0690 e. The quantitative estimate of drug-likeness (QED) is 0.623. The summed E-state index contributed by atoms with van der Waals surface area (Å²) in [5.74, 6) is 0. The number of hydrogen-bond donors (Lipinski definition) is 1. The van der Waals surface area contributed by atoms with Crippen LogP contribution in [0.25, 0.3) is 0 Å². The molecule has 0 saturated carbocycles. The lowest BCUT2D eigenvalue weighted by Crippen LogP contribution is -2.09. The van der Waals surface area contributed by atoms with Crippen LogP contribution in [-0.4, -0.2) is 15.8 Å². The van der Waals surface area contributed by atoms with Gasteiger partial charge in [-0.25, -0.2) is 0 Å².